The number of thiophene rings is 1. The molecule has 3 N–H and O–H groups in total. The third-order valence-corrected chi connectivity index (χ3v) is 17.5. The van der Waals surface area contributed by atoms with Gasteiger partial charge in [0, 0.05) is 39.3 Å². The second-order valence-electron chi connectivity index (χ2n) is 19.2. The summed E-state index contributed by atoms with van der Waals surface area (Å²) in [6.07, 6.45) is 16.1. The molecule has 1 heterocycles. The van der Waals surface area contributed by atoms with Crippen molar-refractivity contribution in [3.8, 4) is 0 Å². The van der Waals surface area contributed by atoms with E-state index >= 15 is 0 Å². The van der Waals surface area contributed by atoms with Gasteiger partial charge in [0.2, 0.25) is 0 Å². The maximum absolute atomic E-state index is 14.8. The summed E-state index contributed by atoms with van der Waals surface area (Å²) in [4.78, 5) is 32.7. The first-order valence-electron chi connectivity index (χ1n) is 19.5. The topological polar surface area (TPSA) is 89.9 Å². The fraction of sp³-hybridized carbons (Fsp3) is 0.762. The molecule has 0 aromatic carbocycles. The number of Topliss-reactive ketones (excluding diaryl/α,β-unsaturated/α-hetero) is 1. The first kappa shape index (κ1) is 34.1. The average Bonchev–Trinajstić information content (AvgIpc) is 3.60. The van der Waals surface area contributed by atoms with Crippen molar-refractivity contribution in [2.75, 3.05) is 13.1 Å². The summed E-state index contributed by atoms with van der Waals surface area (Å²) in [6, 6.07) is 4.00. The van der Waals surface area contributed by atoms with E-state index in [2.05, 4.69) is 58.2 Å². The van der Waals surface area contributed by atoms with Crippen LogP contribution in [0, 0.1) is 63.6 Å². The zero-order valence-corrected chi connectivity index (χ0v) is 31.8. The standard InChI is InChI=1S/C42H60N2O4S/c1-25(2)43-36(47)44(23-27-9-10-28-20-30(27)37(28,4)5)24-41(48)17-14-34-39(41,7)16-13-33-38(6)15-12-29(45)21-40(38)18-19-42(33,34)31(22-40)35(46)32-11-8-26(3)49-32/h8,11,18-19,22,25,27-30,33-34,45,48H,9-10,12-17,20-21,23-24H2,1-7H3,(H,43,47). The van der Waals surface area contributed by atoms with E-state index in [1.165, 1.54) is 12.8 Å². The molecule has 1 aromatic rings. The van der Waals surface area contributed by atoms with Crippen LogP contribution in [0.15, 0.2) is 35.9 Å². The highest BCUT2D eigenvalue weighted by molar-refractivity contribution is 7.14. The lowest BCUT2D eigenvalue weighted by Gasteiger charge is -2.71. The number of hydrogen-bond donors (Lipinski definition) is 3. The number of amides is 2. The molecule has 6 nitrogen and oxygen atoms in total. The van der Waals surface area contributed by atoms with Gasteiger partial charge < -0.3 is 20.4 Å². The number of fused-ring (bicyclic) bond motifs is 3. The summed E-state index contributed by atoms with van der Waals surface area (Å²) >= 11 is 1.58. The van der Waals surface area contributed by atoms with Crippen molar-refractivity contribution in [3.05, 3.63) is 45.7 Å². The molecule has 2 amide bonds. The first-order chi connectivity index (χ1) is 23.0. The van der Waals surface area contributed by atoms with E-state index in [0.29, 0.717) is 43.2 Å². The fourth-order valence-electron chi connectivity index (χ4n) is 13.6. The van der Waals surface area contributed by atoms with Gasteiger partial charge in [-0.05, 0) is 138 Å². The quantitative estimate of drug-likeness (QED) is 0.199. The molecule has 0 saturated heterocycles. The number of ketones is 1. The van der Waals surface area contributed by atoms with Gasteiger partial charge in [-0.25, -0.2) is 4.79 Å². The highest BCUT2D eigenvalue weighted by Crippen LogP contribution is 2.78. The number of aliphatic hydroxyl groups is 2. The van der Waals surface area contributed by atoms with E-state index in [1.54, 1.807) is 11.3 Å². The number of rotatable bonds is 7. The molecule has 0 radical (unpaired) electrons. The summed E-state index contributed by atoms with van der Waals surface area (Å²) in [6.45, 7) is 16.7. The number of allylic oxidation sites excluding steroid dienone is 4. The third-order valence-electron chi connectivity index (χ3n) is 16.5. The van der Waals surface area contributed by atoms with E-state index < -0.39 is 16.4 Å². The molecule has 9 aliphatic rings. The van der Waals surface area contributed by atoms with E-state index in [9.17, 15) is 19.8 Å². The van der Waals surface area contributed by atoms with Crippen LogP contribution < -0.4 is 5.32 Å². The van der Waals surface area contributed by atoms with Crippen LogP contribution >= 0.6 is 11.3 Å². The Morgan fingerprint density at radius 3 is 2.37 bits per heavy atom. The Labute approximate surface area is 298 Å². The molecular formula is C42H60N2O4S. The van der Waals surface area contributed by atoms with E-state index in [-0.39, 0.29) is 46.6 Å². The minimum absolute atomic E-state index is 0.0194. The van der Waals surface area contributed by atoms with E-state index in [0.717, 1.165) is 59.8 Å². The van der Waals surface area contributed by atoms with Gasteiger partial charge in [-0.1, -0.05) is 45.9 Å². The van der Waals surface area contributed by atoms with E-state index in [4.69, 9.17) is 0 Å². The van der Waals surface area contributed by atoms with Crippen molar-refractivity contribution in [1.29, 1.82) is 0 Å². The van der Waals surface area contributed by atoms with Gasteiger partial charge in [-0.2, -0.15) is 0 Å². The number of aryl methyl sites for hydroxylation is 1. The summed E-state index contributed by atoms with van der Waals surface area (Å²) in [5.41, 5.74) is -1.17. The van der Waals surface area contributed by atoms with Crippen molar-refractivity contribution < 1.29 is 19.8 Å². The number of carbonyl (C=O) groups excluding carboxylic acids is 2. The van der Waals surface area contributed by atoms with Crippen LogP contribution in [0.1, 0.15) is 120 Å². The second-order valence-corrected chi connectivity index (χ2v) is 20.5. The minimum atomic E-state index is -1.06. The molecule has 4 bridgehead atoms. The minimum Gasteiger partial charge on any atom is -0.393 e. The number of nitrogens with one attached hydrogen (secondary N) is 1. The monoisotopic (exact) mass is 688 g/mol. The maximum atomic E-state index is 14.8. The largest absolute Gasteiger partial charge is 0.393 e. The Morgan fingerprint density at radius 2 is 1.69 bits per heavy atom. The number of aliphatic hydroxyl groups excluding tert-OH is 1. The molecule has 11 unspecified atom stereocenters. The van der Waals surface area contributed by atoms with Gasteiger partial charge in [0.15, 0.2) is 5.78 Å². The lowest BCUT2D eigenvalue weighted by atomic mass is 9.32. The third kappa shape index (κ3) is 4.55. The SMILES string of the molecule is Cc1ccc(C(=O)C2=CC34C=CC25C(CCC2(C)C5CCC2(O)CN(CC2CCC5CC2C5(C)C)C(=O)NC(C)C)C3(C)CCC(O)C4)s1. The lowest BCUT2D eigenvalue weighted by molar-refractivity contribution is -0.176. The van der Waals surface area contributed by atoms with Crippen molar-refractivity contribution in [2.45, 2.75) is 130 Å². The number of hydrogen-bond acceptors (Lipinski definition) is 5. The molecule has 7 heteroatoms. The molecule has 268 valence electrons. The Bertz CT molecular complexity index is 1610. The smallest absolute Gasteiger partial charge is 0.317 e. The molecule has 11 atom stereocenters. The number of urea groups is 1. The molecular weight excluding hydrogens is 629 g/mol. The predicted octanol–water partition coefficient (Wildman–Crippen LogP) is 8.32. The molecule has 1 aromatic heterocycles. The molecule has 6 saturated carbocycles. The zero-order valence-electron chi connectivity index (χ0n) is 31.0. The van der Waals surface area contributed by atoms with Gasteiger partial charge in [0.25, 0.3) is 0 Å². The van der Waals surface area contributed by atoms with Crippen LogP contribution in [-0.4, -0.2) is 57.8 Å². The maximum Gasteiger partial charge on any atom is 0.317 e. The molecule has 2 spiro atoms. The highest BCUT2D eigenvalue weighted by Gasteiger charge is 2.74. The van der Waals surface area contributed by atoms with Crippen LogP contribution in [0.5, 0.6) is 0 Å². The molecule has 49 heavy (non-hydrogen) atoms. The van der Waals surface area contributed by atoms with Crippen LogP contribution in [-0.2, 0) is 0 Å². The Morgan fingerprint density at radius 1 is 0.980 bits per heavy atom. The fourth-order valence-corrected chi connectivity index (χ4v) is 14.4. The average molecular weight is 689 g/mol. The van der Waals surface area contributed by atoms with Crippen LogP contribution in [0.25, 0.3) is 0 Å². The lowest BCUT2D eigenvalue weighted by Crippen LogP contribution is -2.67. The number of nitrogens with zero attached hydrogens (tertiary/aromatic N) is 1. The second kappa shape index (κ2) is 11.0. The Kier molecular flexibility index (Phi) is 7.68. The summed E-state index contributed by atoms with van der Waals surface area (Å²) in [5, 5.41) is 27.3. The summed E-state index contributed by atoms with van der Waals surface area (Å²) in [5.74, 6) is 2.35. The summed E-state index contributed by atoms with van der Waals surface area (Å²) in [7, 11) is 0. The van der Waals surface area contributed by atoms with Gasteiger partial charge in [-0.15, -0.1) is 11.3 Å². The normalized spacial score (nSPS) is 45.6. The van der Waals surface area contributed by atoms with Crippen molar-refractivity contribution >= 4 is 23.2 Å². The first-order valence-corrected chi connectivity index (χ1v) is 20.3. The van der Waals surface area contributed by atoms with Crippen molar-refractivity contribution in [1.82, 2.24) is 10.2 Å². The van der Waals surface area contributed by atoms with Crippen LogP contribution in [0.2, 0.25) is 0 Å². The Balaban J connectivity index is 1.17. The van der Waals surface area contributed by atoms with Gasteiger partial charge in [0.1, 0.15) is 0 Å². The zero-order chi connectivity index (χ0) is 34.9. The molecule has 6 fully saturated rings. The Hall–Kier alpha value is -1.96. The van der Waals surface area contributed by atoms with Crippen molar-refractivity contribution in [2.24, 2.45) is 56.7 Å². The van der Waals surface area contributed by atoms with Gasteiger partial charge in [-0.3, -0.25) is 4.79 Å². The molecule has 10 rings (SSSR count). The van der Waals surface area contributed by atoms with Crippen LogP contribution in [0.3, 0.4) is 0 Å². The predicted molar refractivity (Wildman–Crippen MR) is 195 cm³/mol. The molecule has 9 aliphatic carbocycles. The van der Waals surface area contributed by atoms with E-state index in [1.807, 2.05) is 30.9 Å². The summed E-state index contributed by atoms with van der Waals surface area (Å²) < 4.78 is 0. The van der Waals surface area contributed by atoms with Gasteiger partial charge in [0.05, 0.1) is 23.1 Å². The van der Waals surface area contributed by atoms with Crippen molar-refractivity contribution in [3.63, 3.8) is 0 Å². The van der Waals surface area contributed by atoms with Gasteiger partial charge >= 0.3 is 6.03 Å². The highest BCUT2D eigenvalue weighted by atomic mass is 32.1. The number of carbonyl (C=O) groups is 2. The van der Waals surface area contributed by atoms with Crippen LogP contribution in [0.4, 0.5) is 4.79 Å². The molecule has 0 aliphatic heterocycles.